The number of methoxy groups -OCH3 is 1. The molecule has 0 heterocycles. The normalized spacial score (nSPS) is 27.0. The molecule has 0 spiro atoms. The maximum atomic E-state index is 5.59. The molecule has 0 saturated heterocycles. The van der Waals surface area contributed by atoms with Gasteiger partial charge in [-0.3, -0.25) is 0 Å². The molecule has 0 radical (unpaired) electrons. The zero-order chi connectivity index (χ0) is 12.5. The van der Waals surface area contributed by atoms with E-state index in [0.717, 1.165) is 0 Å². The maximum absolute atomic E-state index is 5.59. The Balaban J connectivity index is 2.16. The Labute approximate surface area is 108 Å². The SMILES string of the molecule is CCCCCCC(C)NC1CCCCC1OC. The van der Waals surface area contributed by atoms with Gasteiger partial charge in [-0.05, 0) is 26.2 Å². The molecule has 0 aromatic carbocycles. The van der Waals surface area contributed by atoms with Crippen molar-refractivity contribution in [2.75, 3.05) is 7.11 Å². The van der Waals surface area contributed by atoms with Crippen LogP contribution in [0.15, 0.2) is 0 Å². The van der Waals surface area contributed by atoms with E-state index < -0.39 is 0 Å². The summed E-state index contributed by atoms with van der Waals surface area (Å²) in [7, 11) is 1.86. The molecule has 3 unspecified atom stereocenters. The lowest BCUT2D eigenvalue weighted by molar-refractivity contribution is 0.0380. The maximum Gasteiger partial charge on any atom is 0.0724 e. The second kappa shape index (κ2) is 8.93. The Bertz CT molecular complexity index is 184. The van der Waals surface area contributed by atoms with Gasteiger partial charge in [-0.25, -0.2) is 0 Å². The molecule has 0 amide bonds. The Morgan fingerprint density at radius 2 is 1.94 bits per heavy atom. The van der Waals surface area contributed by atoms with Crippen LogP contribution in [0.25, 0.3) is 0 Å². The fourth-order valence-electron chi connectivity index (χ4n) is 2.90. The van der Waals surface area contributed by atoms with Crippen LogP contribution in [0.1, 0.15) is 71.6 Å². The van der Waals surface area contributed by atoms with Gasteiger partial charge >= 0.3 is 0 Å². The minimum atomic E-state index is 0.446. The van der Waals surface area contributed by atoms with E-state index in [9.17, 15) is 0 Å². The van der Waals surface area contributed by atoms with Gasteiger partial charge in [0, 0.05) is 19.2 Å². The van der Waals surface area contributed by atoms with E-state index in [1.165, 1.54) is 57.8 Å². The highest BCUT2D eigenvalue weighted by Crippen LogP contribution is 2.21. The van der Waals surface area contributed by atoms with Crippen LogP contribution in [0, 0.1) is 0 Å². The minimum absolute atomic E-state index is 0.446. The van der Waals surface area contributed by atoms with E-state index in [-0.39, 0.29) is 0 Å². The van der Waals surface area contributed by atoms with Gasteiger partial charge in [-0.15, -0.1) is 0 Å². The molecule has 0 aromatic heterocycles. The van der Waals surface area contributed by atoms with Gasteiger partial charge in [-0.1, -0.05) is 45.4 Å². The summed E-state index contributed by atoms with van der Waals surface area (Å²) in [6, 6.07) is 1.24. The van der Waals surface area contributed by atoms with Crippen molar-refractivity contribution >= 4 is 0 Å². The van der Waals surface area contributed by atoms with Gasteiger partial charge < -0.3 is 10.1 Å². The molecule has 2 nitrogen and oxygen atoms in total. The van der Waals surface area contributed by atoms with Crippen molar-refractivity contribution in [1.82, 2.24) is 5.32 Å². The topological polar surface area (TPSA) is 21.3 Å². The summed E-state index contributed by atoms with van der Waals surface area (Å²) < 4.78 is 5.59. The highest BCUT2D eigenvalue weighted by Gasteiger charge is 2.25. The van der Waals surface area contributed by atoms with E-state index in [1.807, 2.05) is 7.11 Å². The third-order valence-electron chi connectivity index (χ3n) is 3.99. The van der Waals surface area contributed by atoms with Crippen LogP contribution in [0.2, 0.25) is 0 Å². The second-order valence-electron chi connectivity index (χ2n) is 5.58. The zero-order valence-electron chi connectivity index (χ0n) is 12.0. The average Bonchev–Trinajstić information content (AvgIpc) is 2.35. The lowest BCUT2D eigenvalue weighted by atomic mass is 9.91. The number of rotatable bonds is 8. The first-order valence-electron chi connectivity index (χ1n) is 7.56. The molecule has 1 rings (SSSR count). The minimum Gasteiger partial charge on any atom is -0.380 e. The zero-order valence-corrected chi connectivity index (χ0v) is 12.0. The van der Waals surface area contributed by atoms with Crippen LogP contribution in [0.3, 0.4) is 0 Å². The van der Waals surface area contributed by atoms with Gasteiger partial charge in [0.15, 0.2) is 0 Å². The standard InChI is InChI=1S/C15H31NO/c1-4-5-6-7-10-13(2)16-14-11-8-9-12-15(14)17-3/h13-16H,4-12H2,1-3H3. The molecule has 0 aromatic rings. The molecule has 102 valence electrons. The highest BCUT2D eigenvalue weighted by atomic mass is 16.5. The molecule has 1 N–H and O–H groups in total. The van der Waals surface area contributed by atoms with E-state index >= 15 is 0 Å². The number of hydrogen-bond acceptors (Lipinski definition) is 2. The monoisotopic (exact) mass is 241 g/mol. The number of hydrogen-bond donors (Lipinski definition) is 1. The summed E-state index contributed by atoms with van der Waals surface area (Å²) in [5.74, 6) is 0. The summed E-state index contributed by atoms with van der Waals surface area (Å²) in [6.45, 7) is 4.60. The van der Waals surface area contributed by atoms with Gasteiger partial charge in [0.05, 0.1) is 6.10 Å². The van der Waals surface area contributed by atoms with Crippen LogP contribution in [0.4, 0.5) is 0 Å². The average molecular weight is 241 g/mol. The van der Waals surface area contributed by atoms with Crippen LogP contribution in [-0.4, -0.2) is 25.3 Å². The predicted molar refractivity (Wildman–Crippen MR) is 74.4 cm³/mol. The molecular formula is C15H31NO. The van der Waals surface area contributed by atoms with E-state index in [0.29, 0.717) is 18.2 Å². The summed E-state index contributed by atoms with van der Waals surface area (Å²) >= 11 is 0. The summed E-state index contributed by atoms with van der Waals surface area (Å²) in [6.07, 6.45) is 12.4. The molecule has 1 aliphatic carbocycles. The molecular weight excluding hydrogens is 210 g/mol. The van der Waals surface area contributed by atoms with E-state index in [2.05, 4.69) is 19.2 Å². The van der Waals surface area contributed by atoms with Crippen molar-refractivity contribution in [2.24, 2.45) is 0 Å². The van der Waals surface area contributed by atoms with Gasteiger partial charge in [0.2, 0.25) is 0 Å². The molecule has 0 bridgehead atoms. The largest absolute Gasteiger partial charge is 0.380 e. The first-order chi connectivity index (χ1) is 8.27. The first kappa shape index (κ1) is 15.0. The second-order valence-corrected chi connectivity index (χ2v) is 5.58. The third-order valence-corrected chi connectivity index (χ3v) is 3.99. The molecule has 17 heavy (non-hydrogen) atoms. The van der Waals surface area contributed by atoms with E-state index in [4.69, 9.17) is 4.74 Å². The number of nitrogens with one attached hydrogen (secondary N) is 1. The molecule has 3 atom stereocenters. The van der Waals surface area contributed by atoms with Crippen LogP contribution in [0.5, 0.6) is 0 Å². The molecule has 2 heteroatoms. The first-order valence-corrected chi connectivity index (χ1v) is 7.56. The van der Waals surface area contributed by atoms with Crippen LogP contribution < -0.4 is 5.32 Å². The van der Waals surface area contributed by atoms with Crippen LogP contribution >= 0.6 is 0 Å². The highest BCUT2D eigenvalue weighted by molar-refractivity contribution is 4.83. The van der Waals surface area contributed by atoms with Gasteiger partial charge in [0.1, 0.15) is 0 Å². The van der Waals surface area contributed by atoms with Crippen molar-refractivity contribution in [1.29, 1.82) is 0 Å². The van der Waals surface area contributed by atoms with Crippen molar-refractivity contribution in [3.63, 3.8) is 0 Å². The third kappa shape index (κ3) is 5.87. The molecule has 0 aliphatic heterocycles. The van der Waals surface area contributed by atoms with Crippen molar-refractivity contribution in [2.45, 2.75) is 89.8 Å². The smallest absolute Gasteiger partial charge is 0.0724 e. The molecule has 1 fully saturated rings. The Morgan fingerprint density at radius 3 is 2.65 bits per heavy atom. The molecule has 1 saturated carbocycles. The van der Waals surface area contributed by atoms with Crippen molar-refractivity contribution in [3.05, 3.63) is 0 Å². The summed E-state index contributed by atoms with van der Waals surface area (Å²) in [5.41, 5.74) is 0. The fourth-order valence-corrected chi connectivity index (χ4v) is 2.90. The Kier molecular flexibility index (Phi) is 7.87. The predicted octanol–water partition coefficient (Wildman–Crippen LogP) is 3.89. The Hall–Kier alpha value is -0.0800. The summed E-state index contributed by atoms with van der Waals surface area (Å²) in [4.78, 5) is 0. The summed E-state index contributed by atoms with van der Waals surface area (Å²) in [5, 5.41) is 3.77. The van der Waals surface area contributed by atoms with Crippen molar-refractivity contribution < 1.29 is 4.74 Å². The van der Waals surface area contributed by atoms with Gasteiger partial charge in [0.25, 0.3) is 0 Å². The number of unbranched alkanes of at least 4 members (excludes halogenated alkanes) is 3. The lowest BCUT2D eigenvalue weighted by Gasteiger charge is -2.33. The van der Waals surface area contributed by atoms with E-state index in [1.54, 1.807) is 0 Å². The van der Waals surface area contributed by atoms with Gasteiger partial charge in [-0.2, -0.15) is 0 Å². The number of ether oxygens (including phenoxy) is 1. The Morgan fingerprint density at radius 1 is 1.18 bits per heavy atom. The lowest BCUT2D eigenvalue weighted by Crippen LogP contribution is -2.46. The van der Waals surface area contributed by atoms with Crippen molar-refractivity contribution in [3.8, 4) is 0 Å². The fraction of sp³-hybridized carbons (Fsp3) is 1.00. The molecule has 1 aliphatic rings. The quantitative estimate of drug-likeness (QED) is 0.651. The van der Waals surface area contributed by atoms with Crippen LogP contribution in [-0.2, 0) is 4.74 Å².